The van der Waals surface area contributed by atoms with E-state index < -0.39 is 17.2 Å². The number of fused-ring (bicyclic) bond motifs is 1. The molecule has 0 aliphatic rings. The Balaban J connectivity index is 1.62. The Bertz CT molecular complexity index is 1380. The Labute approximate surface area is 195 Å². The predicted octanol–water partition coefficient (Wildman–Crippen LogP) is 4.47. The van der Waals surface area contributed by atoms with Gasteiger partial charge in [0.1, 0.15) is 16.3 Å². The molecule has 0 spiro atoms. The summed E-state index contributed by atoms with van der Waals surface area (Å²) in [4.78, 5) is 30.0. The summed E-state index contributed by atoms with van der Waals surface area (Å²) in [5.41, 5.74) is 0.455. The first-order valence-corrected chi connectivity index (χ1v) is 11.4. The number of nitrogens with one attached hydrogen (secondary N) is 1. The maximum atomic E-state index is 13.8. The van der Waals surface area contributed by atoms with E-state index in [9.17, 15) is 18.4 Å². The highest BCUT2D eigenvalue weighted by atomic mass is 32.2. The lowest BCUT2D eigenvalue weighted by Gasteiger charge is -2.13. The van der Waals surface area contributed by atoms with E-state index in [0.29, 0.717) is 27.4 Å². The lowest BCUT2D eigenvalue weighted by molar-refractivity contribution is -0.113. The van der Waals surface area contributed by atoms with Crippen LogP contribution in [0, 0.1) is 11.6 Å². The first-order chi connectivity index (χ1) is 15.9. The monoisotopic (exact) mass is 489 g/mol. The third-order valence-corrected chi connectivity index (χ3v) is 6.38. The molecule has 1 amide bonds. The zero-order valence-electron chi connectivity index (χ0n) is 17.4. The number of carbonyl (C=O) groups is 1. The molecule has 170 valence electrons. The van der Waals surface area contributed by atoms with Crippen molar-refractivity contribution in [2.45, 2.75) is 5.16 Å². The number of methoxy groups -OCH3 is 2. The molecule has 0 saturated heterocycles. The highest BCUT2D eigenvalue weighted by Gasteiger charge is 2.17. The van der Waals surface area contributed by atoms with Gasteiger partial charge in [-0.3, -0.25) is 14.2 Å². The highest BCUT2D eigenvalue weighted by molar-refractivity contribution is 7.99. The average molecular weight is 490 g/mol. The topological polar surface area (TPSA) is 82.5 Å². The molecule has 33 heavy (non-hydrogen) atoms. The lowest BCUT2D eigenvalue weighted by Crippen LogP contribution is -2.22. The molecule has 1 N–H and O–H groups in total. The highest BCUT2D eigenvalue weighted by Crippen LogP contribution is 2.30. The standard InChI is InChI=1S/C22H17F2N3O4S2/c1-30-17-4-3-14(10-18(17)31-2)25-19(28)11-33-22-26-16-5-6-32-20(16)21(29)27(22)15-8-12(23)7-13(24)9-15/h3-10H,11H2,1-2H3,(H,25,28). The van der Waals surface area contributed by atoms with Crippen molar-refractivity contribution < 1.29 is 23.0 Å². The fourth-order valence-electron chi connectivity index (χ4n) is 3.13. The Hall–Kier alpha value is -3.44. The molecule has 0 aliphatic carbocycles. The number of ether oxygens (including phenoxy) is 2. The Morgan fingerprint density at radius 2 is 1.82 bits per heavy atom. The Morgan fingerprint density at radius 1 is 1.09 bits per heavy atom. The van der Waals surface area contributed by atoms with Crippen molar-refractivity contribution >= 4 is 44.9 Å². The van der Waals surface area contributed by atoms with Crippen LogP contribution >= 0.6 is 23.1 Å². The summed E-state index contributed by atoms with van der Waals surface area (Å²) in [6.07, 6.45) is 0. The molecule has 0 atom stereocenters. The first kappa shape index (κ1) is 22.7. The molecule has 2 aromatic carbocycles. The summed E-state index contributed by atoms with van der Waals surface area (Å²) in [5, 5.41) is 4.57. The normalized spacial score (nSPS) is 10.9. The summed E-state index contributed by atoms with van der Waals surface area (Å²) in [5.74, 6) is -1.16. The van der Waals surface area contributed by atoms with Gasteiger partial charge in [-0.05, 0) is 35.7 Å². The van der Waals surface area contributed by atoms with Crippen LogP contribution in [-0.2, 0) is 4.79 Å². The van der Waals surface area contributed by atoms with E-state index >= 15 is 0 Å². The molecule has 0 fully saturated rings. The summed E-state index contributed by atoms with van der Waals surface area (Å²) < 4.78 is 39.5. The number of nitrogens with zero attached hydrogens (tertiary/aromatic N) is 2. The number of anilines is 1. The molecule has 0 bridgehead atoms. The molecular weight excluding hydrogens is 472 g/mol. The first-order valence-electron chi connectivity index (χ1n) is 9.51. The quantitative estimate of drug-likeness (QED) is 0.305. The van der Waals surface area contributed by atoms with Crippen molar-refractivity contribution in [3.63, 3.8) is 0 Å². The van der Waals surface area contributed by atoms with Gasteiger partial charge in [-0.25, -0.2) is 13.8 Å². The van der Waals surface area contributed by atoms with E-state index in [1.807, 2.05) is 0 Å². The minimum atomic E-state index is -0.828. The second kappa shape index (κ2) is 9.59. The van der Waals surface area contributed by atoms with E-state index in [1.54, 1.807) is 29.6 Å². The van der Waals surface area contributed by atoms with Crippen LogP contribution in [0.15, 0.2) is 57.8 Å². The van der Waals surface area contributed by atoms with Gasteiger partial charge in [0.25, 0.3) is 5.56 Å². The SMILES string of the molecule is COc1ccc(NC(=O)CSc2nc3ccsc3c(=O)n2-c2cc(F)cc(F)c2)cc1OC. The van der Waals surface area contributed by atoms with Crippen molar-refractivity contribution in [2.75, 3.05) is 25.3 Å². The van der Waals surface area contributed by atoms with Crippen LogP contribution in [0.25, 0.3) is 15.9 Å². The minimum absolute atomic E-state index is 0.0110. The molecular formula is C22H17F2N3O4S2. The molecule has 0 unspecified atom stereocenters. The largest absolute Gasteiger partial charge is 0.493 e. The van der Waals surface area contributed by atoms with E-state index in [0.717, 1.165) is 34.5 Å². The second-order valence-electron chi connectivity index (χ2n) is 6.70. The molecule has 7 nitrogen and oxygen atoms in total. The zero-order valence-corrected chi connectivity index (χ0v) is 19.1. The number of halogens is 2. The van der Waals surface area contributed by atoms with Crippen LogP contribution in [-0.4, -0.2) is 35.4 Å². The summed E-state index contributed by atoms with van der Waals surface area (Å²) in [7, 11) is 2.99. The predicted molar refractivity (Wildman–Crippen MR) is 124 cm³/mol. The number of hydrogen-bond donors (Lipinski definition) is 1. The van der Waals surface area contributed by atoms with Gasteiger partial charge < -0.3 is 14.8 Å². The van der Waals surface area contributed by atoms with Crippen molar-refractivity contribution in [1.29, 1.82) is 0 Å². The number of thiophene rings is 1. The number of hydrogen-bond acceptors (Lipinski definition) is 7. The molecule has 2 aromatic heterocycles. The molecule has 4 aromatic rings. The molecule has 0 saturated carbocycles. The Morgan fingerprint density at radius 3 is 2.52 bits per heavy atom. The Kier molecular flexibility index (Phi) is 6.61. The molecule has 4 rings (SSSR count). The van der Waals surface area contributed by atoms with Gasteiger partial charge >= 0.3 is 0 Å². The summed E-state index contributed by atoms with van der Waals surface area (Å²) >= 11 is 2.15. The molecule has 0 radical (unpaired) electrons. The smallest absolute Gasteiger partial charge is 0.276 e. The van der Waals surface area contributed by atoms with Crippen LogP contribution in [0.1, 0.15) is 0 Å². The van der Waals surface area contributed by atoms with E-state index in [1.165, 1.54) is 25.6 Å². The van der Waals surface area contributed by atoms with Crippen LogP contribution in [0.4, 0.5) is 14.5 Å². The summed E-state index contributed by atoms with van der Waals surface area (Å²) in [6, 6.07) is 9.40. The van der Waals surface area contributed by atoms with Gasteiger partial charge in [-0.1, -0.05) is 11.8 Å². The third kappa shape index (κ3) is 4.83. The molecule has 2 heterocycles. The van der Waals surface area contributed by atoms with Gasteiger partial charge in [0.2, 0.25) is 5.91 Å². The third-order valence-electron chi connectivity index (χ3n) is 4.55. The zero-order chi connectivity index (χ0) is 23.5. The van der Waals surface area contributed by atoms with Gasteiger partial charge in [-0.15, -0.1) is 11.3 Å². The van der Waals surface area contributed by atoms with Gasteiger partial charge in [0, 0.05) is 17.8 Å². The number of rotatable bonds is 7. The van der Waals surface area contributed by atoms with Gasteiger partial charge in [0.05, 0.1) is 31.2 Å². The van der Waals surface area contributed by atoms with Crippen molar-refractivity contribution in [3.8, 4) is 17.2 Å². The van der Waals surface area contributed by atoms with Crippen LogP contribution in [0.5, 0.6) is 11.5 Å². The van der Waals surface area contributed by atoms with E-state index in [-0.39, 0.29) is 22.5 Å². The van der Waals surface area contributed by atoms with Crippen LogP contribution < -0.4 is 20.3 Å². The fourth-order valence-corrected chi connectivity index (χ4v) is 4.70. The van der Waals surface area contributed by atoms with Gasteiger partial charge in [0.15, 0.2) is 16.7 Å². The fraction of sp³-hybridized carbons (Fsp3) is 0.136. The van der Waals surface area contributed by atoms with E-state index in [2.05, 4.69) is 10.3 Å². The lowest BCUT2D eigenvalue weighted by atomic mass is 10.2. The maximum Gasteiger partial charge on any atom is 0.276 e. The van der Waals surface area contributed by atoms with E-state index in [4.69, 9.17) is 9.47 Å². The molecule has 0 aliphatic heterocycles. The number of thioether (sulfide) groups is 1. The average Bonchev–Trinajstić information content (AvgIpc) is 3.26. The van der Waals surface area contributed by atoms with Gasteiger partial charge in [-0.2, -0.15) is 0 Å². The number of aromatic nitrogens is 2. The van der Waals surface area contributed by atoms with Crippen LogP contribution in [0.2, 0.25) is 0 Å². The van der Waals surface area contributed by atoms with Crippen molar-refractivity contribution in [1.82, 2.24) is 9.55 Å². The number of carbonyl (C=O) groups excluding carboxylic acids is 1. The minimum Gasteiger partial charge on any atom is -0.493 e. The number of amides is 1. The molecule has 11 heteroatoms. The van der Waals surface area contributed by atoms with Crippen LogP contribution in [0.3, 0.4) is 0 Å². The maximum absolute atomic E-state index is 13.8. The van der Waals surface area contributed by atoms with Crippen molar-refractivity contribution in [3.05, 3.63) is 69.8 Å². The van der Waals surface area contributed by atoms with Crippen molar-refractivity contribution in [2.24, 2.45) is 0 Å². The second-order valence-corrected chi connectivity index (χ2v) is 8.56. The number of benzene rings is 2. The summed E-state index contributed by atoms with van der Waals surface area (Å²) in [6.45, 7) is 0.